The van der Waals surface area contributed by atoms with E-state index in [9.17, 15) is 15.0 Å². The number of esters is 1. The summed E-state index contributed by atoms with van der Waals surface area (Å²) in [6, 6.07) is 9.55. The molecule has 0 saturated carbocycles. The zero-order valence-electron chi connectivity index (χ0n) is 11.0. The minimum absolute atomic E-state index is 0.0932. The summed E-state index contributed by atoms with van der Waals surface area (Å²) in [5, 5.41) is 19.3. The third-order valence-corrected chi connectivity index (χ3v) is 2.53. The molecule has 0 saturated heterocycles. The van der Waals surface area contributed by atoms with E-state index in [1.807, 2.05) is 30.3 Å². The molecule has 0 spiro atoms. The number of hydrogen-bond donors (Lipinski definition) is 2. The van der Waals surface area contributed by atoms with E-state index in [-0.39, 0.29) is 12.8 Å². The van der Waals surface area contributed by atoms with Crippen LogP contribution in [0.2, 0.25) is 0 Å². The Kier molecular flexibility index (Phi) is 6.85. The third-order valence-electron chi connectivity index (χ3n) is 2.53. The molecular formula is C15H20O4. The van der Waals surface area contributed by atoms with Crippen molar-refractivity contribution in [3.05, 3.63) is 42.0 Å². The highest BCUT2D eigenvalue weighted by Gasteiger charge is 2.14. The molecule has 2 N–H and O–H groups in total. The lowest BCUT2D eigenvalue weighted by atomic mass is 10.1. The van der Waals surface area contributed by atoms with Crippen LogP contribution in [0.1, 0.15) is 25.3 Å². The normalized spacial score (nSPS) is 14.3. The molecule has 1 aromatic carbocycles. The zero-order valence-corrected chi connectivity index (χ0v) is 11.0. The number of aliphatic hydroxyl groups excluding tert-OH is 2. The van der Waals surface area contributed by atoms with Crippen LogP contribution in [0.15, 0.2) is 36.4 Å². The van der Waals surface area contributed by atoms with Crippen LogP contribution in [0.4, 0.5) is 0 Å². The highest BCUT2D eigenvalue weighted by molar-refractivity contribution is 5.69. The second kappa shape index (κ2) is 8.45. The lowest BCUT2D eigenvalue weighted by molar-refractivity contribution is -0.145. The van der Waals surface area contributed by atoms with Gasteiger partial charge >= 0.3 is 5.97 Å². The first-order valence-corrected chi connectivity index (χ1v) is 6.36. The average molecular weight is 264 g/mol. The van der Waals surface area contributed by atoms with Gasteiger partial charge < -0.3 is 14.9 Å². The SMILES string of the molecule is CCOC(=O)CC(O)CC(O)C=Cc1ccccc1. The molecular weight excluding hydrogens is 244 g/mol. The lowest BCUT2D eigenvalue weighted by Gasteiger charge is -2.12. The van der Waals surface area contributed by atoms with Crippen molar-refractivity contribution in [2.24, 2.45) is 0 Å². The van der Waals surface area contributed by atoms with E-state index in [0.29, 0.717) is 6.61 Å². The van der Waals surface area contributed by atoms with Crippen LogP contribution in [0.5, 0.6) is 0 Å². The molecule has 0 aliphatic rings. The number of hydrogen-bond acceptors (Lipinski definition) is 4. The van der Waals surface area contributed by atoms with Crippen molar-refractivity contribution >= 4 is 12.0 Å². The van der Waals surface area contributed by atoms with Crippen molar-refractivity contribution in [1.82, 2.24) is 0 Å². The summed E-state index contributed by atoms with van der Waals surface area (Å²) in [6.07, 6.45) is 1.72. The van der Waals surface area contributed by atoms with Gasteiger partial charge in [0.15, 0.2) is 0 Å². The number of carbonyl (C=O) groups is 1. The van der Waals surface area contributed by atoms with E-state index in [4.69, 9.17) is 4.74 Å². The summed E-state index contributed by atoms with van der Waals surface area (Å²) in [7, 11) is 0. The average Bonchev–Trinajstić information content (AvgIpc) is 2.37. The summed E-state index contributed by atoms with van der Waals surface area (Å²) in [4.78, 5) is 11.1. The second-order valence-corrected chi connectivity index (χ2v) is 4.24. The molecule has 4 heteroatoms. The first kappa shape index (κ1) is 15.4. The van der Waals surface area contributed by atoms with E-state index >= 15 is 0 Å². The van der Waals surface area contributed by atoms with Gasteiger partial charge in [0.2, 0.25) is 0 Å². The van der Waals surface area contributed by atoms with E-state index in [1.165, 1.54) is 0 Å². The Morgan fingerprint density at radius 2 is 2.00 bits per heavy atom. The van der Waals surface area contributed by atoms with Crippen molar-refractivity contribution in [3.63, 3.8) is 0 Å². The maximum atomic E-state index is 11.1. The molecule has 0 amide bonds. The molecule has 2 atom stereocenters. The van der Waals surface area contributed by atoms with Crippen molar-refractivity contribution in [1.29, 1.82) is 0 Å². The first-order chi connectivity index (χ1) is 9.11. The van der Waals surface area contributed by atoms with Gasteiger partial charge in [0.1, 0.15) is 0 Å². The molecule has 19 heavy (non-hydrogen) atoms. The number of carbonyl (C=O) groups excluding carboxylic acids is 1. The van der Waals surface area contributed by atoms with Crippen LogP contribution < -0.4 is 0 Å². The van der Waals surface area contributed by atoms with Crippen LogP contribution in [0.25, 0.3) is 6.08 Å². The van der Waals surface area contributed by atoms with E-state index in [2.05, 4.69) is 0 Å². The Labute approximate surface area is 113 Å². The first-order valence-electron chi connectivity index (χ1n) is 6.36. The standard InChI is InChI=1S/C15H20O4/c1-2-19-15(18)11-14(17)10-13(16)9-8-12-6-4-3-5-7-12/h3-9,13-14,16-17H,2,10-11H2,1H3. The van der Waals surface area contributed by atoms with Gasteiger partial charge in [-0.05, 0) is 12.5 Å². The summed E-state index contributed by atoms with van der Waals surface area (Å²) in [6.45, 7) is 2.00. The molecule has 0 radical (unpaired) electrons. The molecule has 0 aromatic heterocycles. The zero-order chi connectivity index (χ0) is 14.1. The van der Waals surface area contributed by atoms with Crippen LogP contribution in [-0.2, 0) is 9.53 Å². The van der Waals surface area contributed by atoms with Crippen LogP contribution in [-0.4, -0.2) is 35.0 Å². The fourth-order valence-electron chi connectivity index (χ4n) is 1.64. The van der Waals surface area contributed by atoms with Gasteiger partial charge in [-0.25, -0.2) is 0 Å². The molecule has 0 aliphatic heterocycles. The molecule has 0 aliphatic carbocycles. The molecule has 104 valence electrons. The Morgan fingerprint density at radius 3 is 2.63 bits per heavy atom. The topological polar surface area (TPSA) is 66.8 Å². The van der Waals surface area contributed by atoms with Crippen molar-refractivity contribution in [2.45, 2.75) is 32.0 Å². The molecule has 1 aromatic rings. The maximum absolute atomic E-state index is 11.1. The third kappa shape index (κ3) is 6.74. The summed E-state index contributed by atoms with van der Waals surface area (Å²) >= 11 is 0. The van der Waals surface area contributed by atoms with Gasteiger partial charge in [-0.3, -0.25) is 4.79 Å². The molecule has 0 bridgehead atoms. The minimum Gasteiger partial charge on any atom is -0.466 e. The fourth-order valence-corrected chi connectivity index (χ4v) is 1.64. The lowest BCUT2D eigenvalue weighted by Crippen LogP contribution is -2.20. The number of ether oxygens (including phenoxy) is 1. The van der Waals surface area contributed by atoms with Crippen molar-refractivity contribution in [3.8, 4) is 0 Å². The van der Waals surface area contributed by atoms with E-state index in [0.717, 1.165) is 5.56 Å². The Hall–Kier alpha value is -1.65. The fraction of sp³-hybridized carbons (Fsp3) is 0.400. The van der Waals surface area contributed by atoms with Crippen LogP contribution in [0.3, 0.4) is 0 Å². The van der Waals surface area contributed by atoms with E-state index < -0.39 is 18.2 Å². The minimum atomic E-state index is -0.894. The smallest absolute Gasteiger partial charge is 0.308 e. The number of rotatable bonds is 7. The highest BCUT2D eigenvalue weighted by atomic mass is 16.5. The van der Waals surface area contributed by atoms with E-state index in [1.54, 1.807) is 19.1 Å². The summed E-state index contributed by atoms with van der Waals surface area (Å²) in [5.41, 5.74) is 0.974. The molecule has 1 rings (SSSR count). The van der Waals surface area contributed by atoms with Crippen molar-refractivity contribution in [2.75, 3.05) is 6.61 Å². The Morgan fingerprint density at radius 1 is 1.32 bits per heavy atom. The van der Waals surface area contributed by atoms with Crippen LogP contribution in [0, 0.1) is 0 Å². The highest BCUT2D eigenvalue weighted by Crippen LogP contribution is 2.08. The predicted octanol–water partition coefficient (Wildman–Crippen LogP) is 1.76. The van der Waals surface area contributed by atoms with Gasteiger partial charge in [-0.15, -0.1) is 0 Å². The van der Waals surface area contributed by atoms with Gasteiger partial charge in [0, 0.05) is 6.42 Å². The Bertz CT molecular complexity index is 400. The van der Waals surface area contributed by atoms with Gasteiger partial charge in [0.05, 0.1) is 25.2 Å². The number of aliphatic hydroxyl groups is 2. The predicted molar refractivity (Wildman–Crippen MR) is 73.4 cm³/mol. The maximum Gasteiger partial charge on any atom is 0.308 e. The molecule has 0 heterocycles. The van der Waals surface area contributed by atoms with Gasteiger partial charge in [0.25, 0.3) is 0 Å². The van der Waals surface area contributed by atoms with Gasteiger partial charge in [-0.2, -0.15) is 0 Å². The molecule has 4 nitrogen and oxygen atoms in total. The largest absolute Gasteiger partial charge is 0.466 e. The molecule has 0 fully saturated rings. The summed E-state index contributed by atoms with van der Waals surface area (Å²) < 4.78 is 4.72. The Balaban J connectivity index is 2.36. The summed E-state index contributed by atoms with van der Waals surface area (Å²) in [5.74, 6) is -0.450. The number of benzene rings is 1. The second-order valence-electron chi connectivity index (χ2n) is 4.24. The van der Waals surface area contributed by atoms with Crippen molar-refractivity contribution < 1.29 is 19.7 Å². The van der Waals surface area contributed by atoms with Crippen LogP contribution >= 0.6 is 0 Å². The quantitative estimate of drug-likeness (QED) is 0.736. The van der Waals surface area contributed by atoms with Gasteiger partial charge in [-0.1, -0.05) is 42.5 Å². The monoisotopic (exact) mass is 264 g/mol. The molecule has 2 unspecified atom stereocenters.